The van der Waals surface area contributed by atoms with Crippen LogP contribution in [0.3, 0.4) is 0 Å². The van der Waals surface area contributed by atoms with Gasteiger partial charge < -0.3 is 4.90 Å². The highest BCUT2D eigenvalue weighted by molar-refractivity contribution is 5.91. The monoisotopic (exact) mass is 368 g/mol. The molecule has 4 bridgehead atoms. The molecule has 5 fully saturated rings. The van der Waals surface area contributed by atoms with Crippen LogP contribution in [0, 0.1) is 23.7 Å². The number of amides is 1. The molecule has 1 amide bonds. The first-order valence-electron chi connectivity index (χ1n) is 10.9. The normalized spacial score (nSPS) is 36.0. The second kappa shape index (κ2) is 7.08. The van der Waals surface area contributed by atoms with Crippen LogP contribution in [0.5, 0.6) is 0 Å². The summed E-state index contributed by atoms with van der Waals surface area (Å²) in [5.74, 6) is 4.10. The van der Waals surface area contributed by atoms with Crippen LogP contribution in [-0.2, 0) is 11.3 Å². The van der Waals surface area contributed by atoms with Crippen molar-refractivity contribution >= 4 is 12.0 Å². The number of carbonyl (C=O) groups is 1. The third-order valence-electron chi connectivity index (χ3n) is 7.62. The molecule has 0 radical (unpaired) electrons. The van der Waals surface area contributed by atoms with Gasteiger partial charge in [0.15, 0.2) is 0 Å². The summed E-state index contributed by atoms with van der Waals surface area (Å²) in [6.45, 7) is 6.78. The van der Waals surface area contributed by atoms with Gasteiger partial charge in [-0.2, -0.15) is 5.10 Å². The second-order valence-corrected chi connectivity index (χ2v) is 9.25. The molecule has 0 atom stereocenters. The molecule has 27 heavy (non-hydrogen) atoms. The van der Waals surface area contributed by atoms with Crippen LogP contribution in [0.15, 0.2) is 18.5 Å². The summed E-state index contributed by atoms with van der Waals surface area (Å²) in [4.78, 5) is 17.3. The lowest BCUT2D eigenvalue weighted by atomic mass is 9.54. The first-order chi connectivity index (χ1) is 13.2. The molecule has 1 aromatic heterocycles. The predicted octanol–water partition coefficient (Wildman–Crippen LogP) is 2.89. The lowest BCUT2D eigenvalue weighted by molar-refractivity contribution is -0.130. The first kappa shape index (κ1) is 17.5. The summed E-state index contributed by atoms with van der Waals surface area (Å²) in [6, 6.07) is 0.811. The molecule has 6 rings (SSSR count). The molecule has 2 heterocycles. The van der Waals surface area contributed by atoms with Crippen LogP contribution in [-0.4, -0.2) is 57.7 Å². The summed E-state index contributed by atoms with van der Waals surface area (Å²) in [7, 11) is 0. The van der Waals surface area contributed by atoms with Crippen molar-refractivity contribution in [3.8, 4) is 0 Å². The van der Waals surface area contributed by atoms with Crippen molar-refractivity contribution in [2.75, 3.05) is 26.2 Å². The van der Waals surface area contributed by atoms with E-state index < -0.39 is 0 Å². The molecule has 146 valence electrons. The average molecular weight is 369 g/mol. The van der Waals surface area contributed by atoms with E-state index in [1.54, 1.807) is 6.08 Å². The van der Waals surface area contributed by atoms with Crippen LogP contribution in [0.2, 0.25) is 0 Å². The van der Waals surface area contributed by atoms with Crippen LogP contribution in [0.25, 0.3) is 6.08 Å². The molecular weight excluding hydrogens is 336 g/mol. The number of aryl methyl sites for hydroxylation is 1. The minimum absolute atomic E-state index is 0.143. The predicted molar refractivity (Wildman–Crippen MR) is 106 cm³/mol. The van der Waals surface area contributed by atoms with Crippen LogP contribution in [0.1, 0.15) is 44.6 Å². The highest BCUT2D eigenvalue weighted by Gasteiger charge is 2.50. The zero-order chi connectivity index (χ0) is 18.4. The standard InChI is InChI=1S/C22H32N4O/c1-2-26-15-16(14-23-26)3-4-21(27)24-5-7-25(8-6-24)22-19-10-17-9-18(12-19)13-20(22)11-17/h3-4,14-15,17-20,22H,2,5-13H2,1H3. The Labute approximate surface area is 162 Å². The third-order valence-corrected chi connectivity index (χ3v) is 7.62. The Morgan fingerprint density at radius 1 is 1.07 bits per heavy atom. The summed E-state index contributed by atoms with van der Waals surface area (Å²) >= 11 is 0. The smallest absolute Gasteiger partial charge is 0.246 e. The van der Waals surface area contributed by atoms with Gasteiger partial charge in [-0.1, -0.05) is 0 Å². The Kier molecular flexibility index (Phi) is 4.58. The summed E-state index contributed by atoms with van der Waals surface area (Å²) < 4.78 is 1.88. The van der Waals surface area contributed by atoms with Crippen molar-refractivity contribution < 1.29 is 4.79 Å². The van der Waals surface area contributed by atoms with Gasteiger partial charge in [-0.25, -0.2) is 0 Å². The van der Waals surface area contributed by atoms with Crippen molar-refractivity contribution in [1.82, 2.24) is 19.6 Å². The van der Waals surface area contributed by atoms with E-state index in [1.807, 2.05) is 28.1 Å². The van der Waals surface area contributed by atoms with E-state index >= 15 is 0 Å². The SMILES string of the molecule is CCn1cc(C=CC(=O)N2CCN(C3C4CC5CC(C4)CC3C5)CC2)cn1. The molecule has 5 aliphatic rings. The Hall–Kier alpha value is -1.62. The lowest BCUT2D eigenvalue weighted by Gasteiger charge is -2.58. The highest BCUT2D eigenvalue weighted by Crippen LogP contribution is 2.55. The molecule has 4 aliphatic carbocycles. The molecule has 0 spiro atoms. The summed E-state index contributed by atoms with van der Waals surface area (Å²) in [5.41, 5.74) is 0.998. The molecule has 1 aromatic rings. The van der Waals surface area contributed by atoms with E-state index in [0.717, 1.165) is 68.0 Å². The van der Waals surface area contributed by atoms with Gasteiger partial charge >= 0.3 is 0 Å². The van der Waals surface area contributed by atoms with Crippen LogP contribution < -0.4 is 0 Å². The lowest BCUT2D eigenvalue weighted by Crippen LogP contribution is -2.60. The average Bonchev–Trinajstić information content (AvgIpc) is 3.14. The van der Waals surface area contributed by atoms with E-state index in [-0.39, 0.29) is 5.91 Å². The van der Waals surface area contributed by atoms with Gasteiger partial charge in [-0.05, 0) is 68.8 Å². The molecule has 0 N–H and O–H groups in total. The minimum atomic E-state index is 0.143. The van der Waals surface area contributed by atoms with Crippen molar-refractivity contribution in [3.63, 3.8) is 0 Å². The summed E-state index contributed by atoms with van der Waals surface area (Å²) in [6.07, 6.45) is 14.8. The Bertz CT molecular complexity index is 688. The van der Waals surface area contributed by atoms with Crippen molar-refractivity contribution in [2.45, 2.75) is 51.6 Å². The van der Waals surface area contributed by atoms with E-state index in [2.05, 4.69) is 16.9 Å². The maximum absolute atomic E-state index is 12.6. The fourth-order valence-corrected chi connectivity index (χ4v) is 6.64. The minimum Gasteiger partial charge on any atom is -0.337 e. The first-order valence-corrected chi connectivity index (χ1v) is 10.9. The zero-order valence-corrected chi connectivity index (χ0v) is 16.5. The largest absolute Gasteiger partial charge is 0.337 e. The van der Waals surface area contributed by atoms with Crippen molar-refractivity contribution in [2.24, 2.45) is 23.7 Å². The van der Waals surface area contributed by atoms with Gasteiger partial charge in [0.05, 0.1) is 6.20 Å². The summed E-state index contributed by atoms with van der Waals surface area (Å²) in [5, 5.41) is 4.26. The van der Waals surface area contributed by atoms with E-state index in [0.29, 0.717) is 0 Å². The van der Waals surface area contributed by atoms with Crippen LogP contribution in [0.4, 0.5) is 0 Å². The molecule has 0 aromatic carbocycles. The number of carbonyl (C=O) groups excluding carboxylic acids is 1. The maximum atomic E-state index is 12.6. The number of piperazine rings is 1. The number of rotatable bonds is 4. The third kappa shape index (κ3) is 3.35. The van der Waals surface area contributed by atoms with E-state index in [1.165, 1.54) is 32.1 Å². The zero-order valence-electron chi connectivity index (χ0n) is 16.5. The fourth-order valence-electron chi connectivity index (χ4n) is 6.64. The molecule has 4 saturated carbocycles. The fraction of sp³-hybridized carbons (Fsp3) is 0.727. The topological polar surface area (TPSA) is 41.4 Å². The molecular formula is C22H32N4O. The second-order valence-electron chi connectivity index (χ2n) is 9.25. The molecule has 0 unspecified atom stereocenters. The van der Waals surface area contributed by atoms with Crippen LogP contribution >= 0.6 is 0 Å². The molecule has 1 saturated heterocycles. The number of aromatic nitrogens is 2. The van der Waals surface area contributed by atoms with Gasteiger partial charge in [0, 0.05) is 56.6 Å². The van der Waals surface area contributed by atoms with Gasteiger partial charge in [0.1, 0.15) is 0 Å². The van der Waals surface area contributed by atoms with E-state index in [9.17, 15) is 4.79 Å². The Morgan fingerprint density at radius 2 is 1.74 bits per heavy atom. The maximum Gasteiger partial charge on any atom is 0.246 e. The van der Waals surface area contributed by atoms with E-state index in [4.69, 9.17) is 0 Å². The molecule has 1 aliphatic heterocycles. The van der Waals surface area contributed by atoms with Gasteiger partial charge in [0.25, 0.3) is 0 Å². The number of nitrogens with zero attached hydrogens (tertiary/aromatic N) is 4. The van der Waals surface area contributed by atoms with Gasteiger partial charge in [0.2, 0.25) is 5.91 Å². The van der Waals surface area contributed by atoms with Gasteiger partial charge in [-0.3, -0.25) is 14.4 Å². The highest BCUT2D eigenvalue weighted by atomic mass is 16.2. The Balaban J connectivity index is 1.16. The quantitative estimate of drug-likeness (QED) is 0.768. The number of hydrogen-bond donors (Lipinski definition) is 0. The Morgan fingerprint density at radius 3 is 2.33 bits per heavy atom. The number of hydrogen-bond acceptors (Lipinski definition) is 3. The molecule has 5 nitrogen and oxygen atoms in total. The van der Waals surface area contributed by atoms with Crippen molar-refractivity contribution in [3.05, 3.63) is 24.0 Å². The molecule has 5 heteroatoms. The van der Waals surface area contributed by atoms with Gasteiger partial charge in [-0.15, -0.1) is 0 Å². The van der Waals surface area contributed by atoms with Crippen molar-refractivity contribution in [1.29, 1.82) is 0 Å².